The first-order valence-corrected chi connectivity index (χ1v) is 6.48. The standard InChI is InChI=1S/C15H21NO/c1-3-15(2,16)14(17)13-9-5-8-12(10-13)11-6-4-7-11/h5,8-11H,3-4,6-7,16H2,1-2H3. The molecule has 1 aromatic rings. The van der Waals surface area contributed by atoms with E-state index in [1.807, 2.05) is 32.0 Å². The smallest absolute Gasteiger partial charge is 0.182 e. The highest BCUT2D eigenvalue weighted by Gasteiger charge is 2.28. The number of benzene rings is 1. The van der Waals surface area contributed by atoms with Gasteiger partial charge in [-0.05, 0) is 43.7 Å². The van der Waals surface area contributed by atoms with Gasteiger partial charge in [0.25, 0.3) is 0 Å². The first-order valence-electron chi connectivity index (χ1n) is 6.48. The highest BCUT2D eigenvalue weighted by atomic mass is 16.1. The normalized spacial score (nSPS) is 19.5. The summed E-state index contributed by atoms with van der Waals surface area (Å²) in [5.74, 6) is 0.717. The fourth-order valence-electron chi connectivity index (χ4n) is 2.17. The largest absolute Gasteiger partial charge is 0.319 e. The third-order valence-corrected chi connectivity index (χ3v) is 3.98. The van der Waals surface area contributed by atoms with Gasteiger partial charge in [0.05, 0.1) is 5.54 Å². The van der Waals surface area contributed by atoms with Crippen LogP contribution in [-0.2, 0) is 0 Å². The van der Waals surface area contributed by atoms with Gasteiger partial charge in [-0.15, -0.1) is 0 Å². The molecule has 92 valence electrons. The Kier molecular flexibility index (Phi) is 3.34. The van der Waals surface area contributed by atoms with Crippen molar-refractivity contribution >= 4 is 5.78 Å². The van der Waals surface area contributed by atoms with Crippen LogP contribution in [0.2, 0.25) is 0 Å². The van der Waals surface area contributed by atoms with Crippen molar-refractivity contribution in [2.45, 2.75) is 51.0 Å². The maximum Gasteiger partial charge on any atom is 0.182 e. The Balaban J connectivity index is 2.23. The maximum atomic E-state index is 12.3. The molecule has 1 aliphatic rings. The van der Waals surface area contributed by atoms with E-state index in [0.717, 1.165) is 5.56 Å². The monoisotopic (exact) mass is 231 g/mol. The lowest BCUT2D eigenvalue weighted by atomic mass is 9.79. The summed E-state index contributed by atoms with van der Waals surface area (Å²) in [5, 5.41) is 0. The Bertz CT molecular complexity index is 419. The molecule has 0 aromatic heterocycles. The Morgan fingerprint density at radius 3 is 2.71 bits per heavy atom. The second-order valence-electron chi connectivity index (χ2n) is 5.35. The molecule has 17 heavy (non-hydrogen) atoms. The van der Waals surface area contributed by atoms with Crippen molar-refractivity contribution in [3.63, 3.8) is 0 Å². The molecule has 1 atom stereocenters. The number of Topliss-reactive ketones (excluding diaryl/α,β-unsaturated/α-hetero) is 1. The molecular formula is C15H21NO. The van der Waals surface area contributed by atoms with Gasteiger partial charge in [0.1, 0.15) is 0 Å². The molecule has 0 amide bonds. The van der Waals surface area contributed by atoms with Crippen molar-refractivity contribution in [3.8, 4) is 0 Å². The Labute approximate surface area is 103 Å². The van der Waals surface area contributed by atoms with E-state index < -0.39 is 5.54 Å². The minimum absolute atomic E-state index is 0.0566. The van der Waals surface area contributed by atoms with Gasteiger partial charge in [-0.1, -0.05) is 31.5 Å². The summed E-state index contributed by atoms with van der Waals surface area (Å²) < 4.78 is 0. The average molecular weight is 231 g/mol. The van der Waals surface area contributed by atoms with E-state index in [2.05, 4.69) is 6.07 Å². The van der Waals surface area contributed by atoms with E-state index in [0.29, 0.717) is 12.3 Å². The third kappa shape index (κ3) is 2.42. The molecule has 2 heteroatoms. The number of ketones is 1. The average Bonchev–Trinajstić information content (AvgIpc) is 2.26. The van der Waals surface area contributed by atoms with Crippen LogP contribution >= 0.6 is 0 Å². The van der Waals surface area contributed by atoms with Crippen LogP contribution in [0.3, 0.4) is 0 Å². The molecule has 0 aliphatic heterocycles. The fraction of sp³-hybridized carbons (Fsp3) is 0.533. The molecular weight excluding hydrogens is 210 g/mol. The summed E-state index contributed by atoms with van der Waals surface area (Å²) in [5.41, 5.74) is 7.34. The minimum atomic E-state index is -0.738. The van der Waals surface area contributed by atoms with Gasteiger partial charge in [0.15, 0.2) is 5.78 Å². The first-order chi connectivity index (χ1) is 8.04. The van der Waals surface area contributed by atoms with Gasteiger partial charge in [-0.25, -0.2) is 0 Å². The summed E-state index contributed by atoms with van der Waals surface area (Å²) in [7, 11) is 0. The van der Waals surface area contributed by atoms with Crippen molar-refractivity contribution < 1.29 is 4.79 Å². The van der Waals surface area contributed by atoms with Crippen LogP contribution in [0, 0.1) is 0 Å². The molecule has 1 unspecified atom stereocenters. The molecule has 0 radical (unpaired) electrons. The van der Waals surface area contributed by atoms with E-state index in [-0.39, 0.29) is 5.78 Å². The highest BCUT2D eigenvalue weighted by molar-refractivity contribution is 6.02. The van der Waals surface area contributed by atoms with E-state index in [4.69, 9.17) is 5.73 Å². The lowest BCUT2D eigenvalue weighted by molar-refractivity contribution is 0.0897. The molecule has 0 bridgehead atoms. The minimum Gasteiger partial charge on any atom is -0.319 e. The molecule has 1 fully saturated rings. The second kappa shape index (κ2) is 4.61. The van der Waals surface area contributed by atoms with Gasteiger partial charge < -0.3 is 5.73 Å². The SMILES string of the molecule is CCC(C)(N)C(=O)c1cccc(C2CCC2)c1. The number of carbonyl (C=O) groups is 1. The summed E-state index contributed by atoms with van der Waals surface area (Å²) >= 11 is 0. The quantitative estimate of drug-likeness (QED) is 0.808. The fourth-order valence-corrected chi connectivity index (χ4v) is 2.17. The molecule has 2 N–H and O–H groups in total. The summed E-state index contributed by atoms with van der Waals surface area (Å²) in [6.07, 6.45) is 4.49. The van der Waals surface area contributed by atoms with E-state index in [9.17, 15) is 4.79 Å². The van der Waals surface area contributed by atoms with E-state index in [1.165, 1.54) is 24.8 Å². The van der Waals surface area contributed by atoms with Gasteiger partial charge in [-0.2, -0.15) is 0 Å². The lowest BCUT2D eigenvalue weighted by Gasteiger charge is -2.27. The van der Waals surface area contributed by atoms with E-state index >= 15 is 0 Å². The van der Waals surface area contributed by atoms with Gasteiger partial charge in [-0.3, -0.25) is 4.79 Å². The molecule has 1 aromatic carbocycles. The van der Waals surface area contributed by atoms with Crippen LogP contribution in [0.25, 0.3) is 0 Å². The van der Waals surface area contributed by atoms with E-state index in [1.54, 1.807) is 0 Å². The van der Waals surface area contributed by atoms with Gasteiger partial charge in [0, 0.05) is 5.56 Å². The number of hydrogen-bond donors (Lipinski definition) is 1. The predicted molar refractivity (Wildman–Crippen MR) is 70.2 cm³/mol. The topological polar surface area (TPSA) is 43.1 Å². The lowest BCUT2D eigenvalue weighted by Crippen LogP contribution is -2.44. The Morgan fingerprint density at radius 1 is 1.47 bits per heavy atom. The molecule has 1 saturated carbocycles. The predicted octanol–water partition coefficient (Wildman–Crippen LogP) is 3.26. The molecule has 2 rings (SSSR count). The van der Waals surface area contributed by atoms with Crippen LogP contribution in [0.4, 0.5) is 0 Å². The first kappa shape index (κ1) is 12.3. The van der Waals surface area contributed by atoms with Crippen molar-refractivity contribution in [1.29, 1.82) is 0 Å². The zero-order valence-corrected chi connectivity index (χ0v) is 10.7. The van der Waals surface area contributed by atoms with Crippen LogP contribution in [0.5, 0.6) is 0 Å². The van der Waals surface area contributed by atoms with Gasteiger partial charge in [0.2, 0.25) is 0 Å². The highest BCUT2D eigenvalue weighted by Crippen LogP contribution is 2.36. The number of carbonyl (C=O) groups excluding carboxylic acids is 1. The molecule has 0 spiro atoms. The summed E-state index contributed by atoms with van der Waals surface area (Å²) in [6.45, 7) is 3.76. The maximum absolute atomic E-state index is 12.3. The Morgan fingerprint density at radius 2 is 2.18 bits per heavy atom. The third-order valence-electron chi connectivity index (χ3n) is 3.98. The number of nitrogens with two attached hydrogens (primary N) is 1. The van der Waals surface area contributed by atoms with Crippen LogP contribution in [0.1, 0.15) is 61.4 Å². The Hall–Kier alpha value is -1.15. The zero-order valence-electron chi connectivity index (χ0n) is 10.7. The van der Waals surface area contributed by atoms with Crippen molar-refractivity contribution in [3.05, 3.63) is 35.4 Å². The molecule has 0 heterocycles. The number of hydrogen-bond acceptors (Lipinski definition) is 2. The summed E-state index contributed by atoms with van der Waals surface area (Å²) in [6, 6.07) is 8.02. The van der Waals surface area contributed by atoms with Crippen LogP contribution < -0.4 is 5.73 Å². The van der Waals surface area contributed by atoms with Crippen molar-refractivity contribution in [1.82, 2.24) is 0 Å². The number of rotatable bonds is 4. The van der Waals surface area contributed by atoms with Crippen LogP contribution in [0.15, 0.2) is 24.3 Å². The van der Waals surface area contributed by atoms with Crippen molar-refractivity contribution in [2.24, 2.45) is 5.73 Å². The molecule has 2 nitrogen and oxygen atoms in total. The molecule has 0 saturated heterocycles. The van der Waals surface area contributed by atoms with Crippen LogP contribution in [-0.4, -0.2) is 11.3 Å². The van der Waals surface area contributed by atoms with Crippen molar-refractivity contribution in [2.75, 3.05) is 0 Å². The zero-order chi connectivity index (χ0) is 12.5. The molecule has 1 aliphatic carbocycles. The second-order valence-corrected chi connectivity index (χ2v) is 5.35. The summed E-state index contributed by atoms with van der Waals surface area (Å²) in [4.78, 5) is 12.3. The van der Waals surface area contributed by atoms with Gasteiger partial charge >= 0.3 is 0 Å².